The predicted molar refractivity (Wildman–Crippen MR) is 136 cm³/mol. The Morgan fingerprint density at radius 2 is 1.53 bits per heavy atom. The van der Waals surface area contributed by atoms with Crippen LogP contribution in [0.1, 0.15) is 56.4 Å². The fourth-order valence-corrected chi connectivity index (χ4v) is 8.71. The summed E-state index contributed by atoms with van der Waals surface area (Å²) in [4.78, 5) is 12.6. The number of carbonyl (C=O) groups excluding carboxylic acids is 1. The van der Waals surface area contributed by atoms with E-state index >= 15 is 0 Å². The zero-order valence-electron chi connectivity index (χ0n) is 19.8. The second-order valence-electron chi connectivity index (χ2n) is 7.75. The van der Waals surface area contributed by atoms with Crippen LogP contribution in [0.15, 0.2) is 60.7 Å². The van der Waals surface area contributed by atoms with E-state index in [1.54, 1.807) is 0 Å². The highest BCUT2D eigenvalue weighted by atomic mass is 32.2. The molecular formula is C26H38O4SSi. The highest BCUT2D eigenvalue weighted by molar-refractivity contribution is 7.99. The van der Waals surface area contributed by atoms with Gasteiger partial charge in [0, 0.05) is 18.5 Å². The van der Waals surface area contributed by atoms with Gasteiger partial charge in [-0.2, -0.15) is 11.8 Å². The molecule has 32 heavy (non-hydrogen) atoms. The molecule has 0 saturated heterocycles. The molecule has 2 aromatic rings. The highest BCUT2D eigenvalue weighted by Crippen LogP contribution is 2.34. The van der Waals surface area contributed by atoms with Crippen LogP contribution in [0.4, 0.5) is 0 Å². The lowest BCUT2D eigenvalue weighted by Gasteiger charge is -2.30. The van der Waals surface area contributed by atoms with Crippen LogP contribution < -0.4 is 0 Å². The summed E-state index contributed by atoms with van der Waals surface area (Å²) in [5.41, 5.74) is 2.18. The molecule has 1 atom stereocenters. The fourth-order valence-electron chi connectivity index (χ4n) is 3.82. The minimum Gasteiger partial charge on any atom is -0.461 e. The van der Waals surface area contributed by atoms with Crippen molar-refractivity contribution in [1.29, 1.82) is 0 Å². The van der Waals surface area contributed by atoms with Crippen LogP contribution in [0.2, 0.25) is 12.1 Å². The van der Waals surface area contributed by atoms with E-state index in [-0.39, 0.29) is 11.2 Å². The van der Waals surface area contributed by atoms with E-state index in [2.05, 4.69) is 32.9 Å². The van der Waals surface area contributed by atoms with E-state index in [1.807, 2.05) is 60.3 Å². The molecule has 176 valence electrons. The Kier molecular flexibility index (Phi) is 12.7. The topological polar surface area (TPSA) is 44.8 Å². The van der Waals surface area contributed by atoms with Gasteiger partial charge in [-0.3, -0.25) is 4.79 Å². The normalized spacial score (nSPS) is 12.5. The minimum absolute atomic E-state index is 0.0842. The molecule has 2 rings (SSSR count). The third-order valence-electron chi connectivity index (χ3n) is 5.23. The molecule has 0 fully saturated rings. The maximum Gasteiger partial charge on any atom is 0.338 e. The van der Waals surface area contributed by atoms with Crippen molar-refractivity contribution in [2.45, 2.75) is 64.0 Å². The first kappa shape index (κ1) is 26.6. The molecule has 0 aromatic heterocycles. The van der Waals surface area contributed by atoms with E-state index in [1.165, 1.54) is 5.56 Å². The van der Waals surface area contributed by atoms with Gasteiger partial charge >= 0.3 is 14.5 Å². The van der Waals surface area contributed by atoms with Crippen molar-refractivity contribution in [2.24, 2.45) is 0 Å². The fraction of sp³-hybridized carbons (Fsp3) is 0.500. The Bertz CT molecular complexity index is 740. The Balaban J connectivity index is 1.92. The van der Waals surface area contributed by atoms with Gasteiger partial charge in [-0.25, -0.2) is 0 Å². The number of hydrogen-bond donors (Lipinski definition) is 0. The Labute approximate surface area is 199 Å². The monoisotopic (exact) mass is 474 g/mol. The number of ether oxygens (including phenoxy) is 1. The number of thioether (sulfide) groups is 1. The van der Waals surface area contributed by atoms with Gasteiger partial charge in [-0.1, -0.05) is 74.0 Å². The molecule has 0 saturated carbocycles. The van der Waals surface area contributed by atoms with Crippen molar-refractivity contribution in [3.05, 3.63) is 71.8 Å². The average molecular weight is 475 g/mol. The molecule has 6 heteroatoms. The Hall–Kier alpha value is -1.60. The second kappa shape index (κ2) is 15.3. The second-order valence-corrected chi connectivity index (χ2v) is 12.5. The SMILES string of the molecule is CCC[Si](CCCSC(CC(=O)OCc1ccccc1)c1ccccc1)(OCC)OCC. The van der Waals surface area contributed by atoms with Crippen LogP contribution >= 0.6 is 11.8 Å². The van der Waals surface area contributed by atoms with Crippen LogP contribution in [0.5, 0.6) is 0 Å². The summed E-state index contributed by atoms with van der Waals surface area (Å²) in [5, 5.41) is 0.0842. The maximum absolute atomic E-state index is 12.6. The number of rotatable bonds is 16. The summed E-state index contributed by atoms with van der Waals surface area (Å²) < 4.78 is 17.9. The van der Waals surface area contributed by atoms with Gasteiger partial charge in [0.25, 0.3) is 0 Å². The standard InChI is InChI=1S/C26H38O4SSi/c1-4-19-32(29-5-2,30-6-3)20-13-18-31-25(24-16-11-8-12-17-24)21-26(27)28-22-23-14-9-7-10-15-23/h7-12,14-17,25H,4-6,13,18-22H2,1-3H3. The molecule has 0 bridgehead atoms. The zero-order chi connectivity index (χ0) is 23.1. The lowest BCUT2D eigenvalue weighted by molar-refractivity contribution is -0.144. The van der Waals surface area contributed by atoms with Crippen molar-refractivity contribution in [2.75, 3.05) is 19.0 Å². The summed E-state index contributed by atoms with van der Waals surface area (Å²) in [6, 6.07) is 22.1. The third-order valence-corrected chi connectivity index (χ3v) is 10.6. The number of hydrogen-bond acceptors (Lipinski definition) is 5. The third kappa shape index (κ3) is 9.49. The smallest absolute Gasteiger partial charge is 0.338 e. The van der Waals surface area contributed by atoms with Crippen LogP contribution in [0, 0.1) is 0 Å². The van der Waals surface area contributed by atoms with Crippen molar-refractivity contribution in [3.8, 4) is 0 Å². The molecule has 0 aliphatic rings. The summed E-state index contributed by atoms with van der Waals surface area (Å²) in [7, 11) is -2.13. The molecule has 0 amide bonds. The first-order chi connectivity index (χ1) is 15.6. The summed E-state index contributed by atoms with van der Waals surface area (Å²) in [6.07, 6.45) is 2.48. The van der Waals surface area contributed by atoms with E-state index in [0.29, 0.717) is 26.2 Å². The predicted octanol–water partition coefficient (Wildman–Crippen LogP) is 6.91. The molecule has 0 radical (unpaired) electrons. The van der Waals surface area contributed by atoms with E-state index in [9.17, 15) is 4.79 Å². The molecule has 1 unspecified atom stereocenters. The summed E-state index contributed by atoms with van der Waals surface area (Å²) >= 11 is 1.83. The molecule has 0 aliphatic carbocycles. The van der Waals surface area contributed by atoms with Crippen LogP contribution in [0.25, 0.3) is 0 Å². The number of esters is 1. The molecule has 0 N–H and O–H groups in total. The van der Waals surface area contributed by atoms with Crippen LogP contribution in [0.3, 0.4) is 0 Å². The lowest BCUT2D eigenvalue weighted by atomic mass is 10.1. The zero-order valence-corrected chi connectivity index (χ0v) is 21.6. The van der Waals surface area contributed by atoms with Crippen molar-refractivity contribution in [3.63, 3.8) is 0 Å². The van der Waals surface area contributed by atoms with Crippen molar-refractivity contribution >= 4 is 26.3 Å². The molecule has 0 heterocycles. The first-order valence-electron chi connectivity index (χ1n) is 11.8. The van der Waals surface area contributed by atoms with E-state index in [4.69, 9.17) is 13.6 Å². The van der Waals surface area contributed by atoms with Gasteiger partial charge in [0.1, 0.15) is 6.61 Å². The first-order valence-corrected chi connectivity index (χ1v) is 15.0. The van der Waals surface area contributed by atoms with Crippen LogP contribution in [-0.4, -0.2) is 33.5 Å². The largest absolute Gasteiger partial charge is 0.461 e. The van der Waals surface area contributed by atoms with Gasteiger partial charge in [-0.05, 0) is 49.2 Å². The average Bonchev–Trinajstić information content (AvgIpc) is 2.81. The molecular weight excluding hydrogens is 436 g/mol. The summed E-state index contributed by atoms with van der Waals surface area (Å²) in [6.45, 7) is 8.04. The lowest BCUT2D eigenvalue weighted by Crippen LogP contribution is -2.42. The van der Waals surface area contributed by atoms with E-state index in [0.717, 1.165) is 36.2 Å². The van der Waals surface area contributed by atoms with Gasteiger partial charge in [0.15, 0.2) is 0 Å². The molecule has 0 spiro atoms. The quantitative estimate of drug-likeness (QED) is 0.150. The summed E-state index contributed by atoms with van der Waals surface area (Å²) in [5.74, 6) is 0.804. The Morgan fingerprint density at radius 1 is 0.906 bits per heavy atom. The number of benzene rings is 2. The minimum atomic E-state index is -2.13. The van der Waals surface area contributed by atoms with Gasteiger partial charge in [0.05, 0.1) is 6.42 Å². The number of carbonyl (C=O) groups is 1. The molecule has 0 aliphatic heterocycles. The van der Waals surface area contributed by atoms with Crippen molar-refractivity contribution < 1.29 is 18.4 Å². The van der Waals surface area contributed by atoms with E-state index < -0.39 is 8.56 Å². The highest BCUT2D eigenvalue weighted by Gasteiger charge is 2.35. The van der Waals surface area contributed by atoms with Crippen molar-refractivity contribution in [1.82, 2.24) is 0 Å². The Morgan fingerprint density at radius 3 is 2.12 bits per heavy atom. The maximum atomic E-state index is 12.6. The van der Waals surface area contributed by atoms with Crippen LogP contribution in [-0.2, 0) is 25.0 Å². The van der Waals surface area contributed by atoms with Gasteiger partial charge < -0.3 is 13.6 Å². The molecule has 2 aromatic carbocycles. The van der Waals surface area contributed by atoms with Gasteiger partial charge in [0.2, 0.25) is 0 Å². The molecule has 4 nitrogen and oxygen atoms in total. The van der Waals surface area contributed by atoms with Gasteiger partial charge in [-0.15, -0.1) is 0 Å².